The minimum absolute atomic E-state index is 0.0778. The molecule has 1 atom stereocenters. The first kappa shape index (κ1) is 17.0. The fraction of sp³-hybridized carbons (Fsp3) is 0.600. The summed E-state index contributed by atoms with van der Waals surface area (Å²) in [6.45, 7) is 8.82. The summed E-state index contributed by atoms with van der Waals surface area (Å²) in [5.74, 6) is 0.121. The first-order valence-electron chi connectivity index (χ1n) is 6.96. The number of hydrogen-bond donors (Lipinski definition) is 2. The molecule has 114 valence electrons. The largest absolute Gasteiger partial charge is 0.383 e. The zero-order valence-corrected chi connectivity index (χ0v) is 13.6. The molecule has 0 saturated heterocycles. The van der Waals surface area contributed by atoms with Crippen LogP contribution in [0.5, 0.6) is 0 Å². The van der Waals surface area contributed by atoms with Gasteiger partial charge in [-0.15, -0.1) is 0 Å². The van der Waals surface area contributed by atoms with Gasteiger partial charge in [-0.25, -0.2) is 8.42 Å². The maximum atomic E-state index is 11.7. The summed E-state index contributed by atoms with van der Waals surface area (Å²) < 4.78 is 23.4. The van der Waals surface area contributed by atoms with Gasteiger partial charge in [0.05, 0.1) is 10.6 Å². The molecule has 1 aromatic rings. The van der Waals surface area contributed by atoms with Gasteiger partial charge in [0, 0.05) is 18.3 Å². The number of anilines is 1. The highest BCUT2D eigenvalue weighted by Gasteiger charge is 2.15. The highest BCUT2D eigenvalue weighted by atomic mass is 32.2. The van der Waals surface area contributed by atoms with E-state index in [2.05, 4.69) is 26.1 Å². The van der Waals surface area contributed by atoms with E-state index in [-0.39, 0.29) is 17.2 Å². The van der Waals surface area contributed by atoms with E-state index >= 15 is 0 Å². The maximum absolute atomic E-state index is 11.7. The highest BCUT2D eigenvalue weighted by Crippen LogP contribution is 2.20. The monoisotopic (exact) mass is 298 g/mol. The molecule has 0 bridgehead atoms. The van der Waals surface area contributed by atoms with Crippen LogP contribution in [0.1, 0.15) is 34.1 Å². The van der Waals surface area contributed by atoms with Crippen molar-refractivity contribution in [1.82, 2.24) is 0 Å². The predicted molar refractivity (Wildman–Crippen MR) is 84.7 cm³/mol. The van der Waals surface area contributed by atoms with E-state index < -0.39 is 9.84 Å². The lowest BCUT2D eigenvalue weighted by molar-refractivity contribution is 0.345. The number of rotatable bonds is 6. The normalized spacial score (nSPS) is 14.1. The second kappa shape index (κ2) is 6.59. The predicted octanol–water partition coefficient (Wildman–Crippen LogP) is 2.66. The van der Waals surface area contributed by atoms with Crippen LogP contribution in [-0.4, -0.2) is 26.8 Å². The Labute approximate surface area is 122 Å². The molecule has 0 heterocycles. The molecule has 0 radical (unpaired) electrons. The molecule has 0 aliphatic carbocycles. The van der Waals surface area contributed by atoms with Crippen LogP contribution >= 0.6 is 0 Å². The third kappa shape index (κ3) is 5.51. The van der Waals surface area contributed by atoms with Crippen LogP contribution < -0.4 is 11.1 Å². The number of nitrogens with one attached hydrogen (secondary N) is 1. The Kier molecular flexibility index (Phi) is 5.59. The van der Waals surface area contributed by atoms with Crippen LogP contribution in [0.25, 0.3) is 0 Å². The molecule has 1 aromatic carbocycles. The number of hydrogen-bond acceptors (Lipinski definition) is 4. The zero-order valence-electron chi connectivity index (χ0n) is 12.8. The van der Waals surface area contributed by atoms with E-state index in [1.165, 1.54) is 0 Å². The van der Waals surface area contributed by atoms with E-state index in [9.17, 15) is 8.42 Å². The van der Waals surface area contributed by atoms with E-state index in [1.54, 1.807) is 31.2 Å². The Morgan fingerprint density at radius 2 is 1.75 bits per heavy atom. The first-order chi connectivity index (χ1) is 9.14. The van der Waals surface area contributed by atoms with Crippen molar-refractivity contribution < 1.29 is 8.42 Å². The van der Waals surface area contributed by atoms with E-state index in [4.69, 9.17) is 5.73 Å². The summed E-state index contributed by atoms with van der Waals surface area (Å²) in [5.41, 5.74) is 7.17. The van der Waals surface area contributed by atoms with Crippen LogP contribution in [0.4, 0.5) is 5.69 Å². The molecular weight excluding hydrogens is 272 g/mol. The Hall–Kier alpha value is -1.07. The van der Waals surface area contributed by atoms with E-state index in [0.29, 0.717) is 11.4 Å². The van der Waals surface area contributed by atoms with Crippen molar-refractivity contribution >= 4 is 15.5 Å². The van der Waals surface area contributed by atoms with Crippen LogP contribution in [0, 0.1) is 5.41 Å². The van der Waals surface area contributed by atoms with Gasteiger partial charge in [0.2, 0.25) is 0 Å². The Balaban J connectivity index is 2.59. The quantitative estimate of drug-likeness (QED) is 0.847. The molecule has 3 N–H and O–H groups in total. The molecule has 0 aromatic heterocycles. The number of sulfone groups is 1. The first-order valence-corrected chi connectivity index (χ1v) is 8.61. The van der Waals surface area contributed by atoms with E-state index in [1.807, 2.05) is 0 Å². The molecule has 0 saturated carbocycles. The molecule has 1 rings (SSSR count). The van der Waals surface area contributed by atoms with E-state index in [0.717, 1.165) is 12.1 Å². The van der Waals surface area contributed by atoms with Gasteiger partial charge in [0.15, 0.2) is 9.84 Å². The van der Waals surface area contributed by atoms with Gasteiger partial charge in [-0.2, -0.15) is 0 Å². The van der Waals surface area contributed by atoms with Crippen molar-refractivity contribution in [3.8, 4) is 0 Å². The molecule has 0 fully saturated rings. The summed E-state index contributed by atoms with van der Waals surface area (Å²) in [7, 11) is -3.12. The number of nitrogens with two attached hydrogens (primary N) is 1. The molecule has 20 heavy (non-hydrogen) atoms. The Morgan fingerprint density at radius 1 is 1.20 bits per heavy atom. The van der Waals surface area contributed by atoms with Crippen LogP contribution in [0.2, 0.25) is 0 Å². The average molecular weight is 298 g/mol. The van der Waals surface area contributed by atoms with Gasteiger partial charge < -0.3 is 11.1 Å². The lowest BCUT2D eigenvalue weighted by Crippen LogP contribution is -2.33. The van der Waals surface area contributed by atoms with Crippen LogP contribution in [-0.2, 0) is 9.84 Å². The second-order valence-corrected chi connectivity index (χ2v) is 8.61. The van der Waals surface area contributed by atoms with Crippen molar-refractivity contribution in [3.63, 3.8) is 0 Å². The molecule has 5 heteroatoms. The van der Waals surface area contributed by atoms with Crippen LogP contribution in [0.3, 0.4) is 0 Å². The van der Waals surface area contributed by atoms with Gasteiger partial charge in [-0.3, -0.25) is 0 Å². The molecule has 0 aliphatic heterocycles. The van der Waals surface area contributed by atoms with Gasteiger partial charge in [-0.05, 0) is 36.1 Å². The van der Waals surface area contributed by atoms with Crippen molar-refractivity contribution in [2.45, 2.75) is 45.1 Å². The van der Waals surface area contributed by atoms with Crippen molar-refractivity contribution in [2.75, 3.05) is 17.6 Å². The molecule has 0 amide bonds. The fourth-order valence-electron chi connectivity index (χ4n) is 2.05. The van der Waals surface area contributed by atoms with Crippen LogP contribution in [0.15, 0.2) is 29.2 Å². The summed E-state index contributed by atoms with van der Waals surface area (Å²) in [5, 5.41) is 3.24. The minimum Gasteiger partial charge on any atom is -0.383 e. The lowest BCUT2D eigenvalue weighted by atomic mass is 9.88. The standard InChI is InChI=1S/C15H26N2O2S/c1-5-20(18,19)14-8-6-13(7-9-14)17-11-12(16)10-15(2,3)4/h6-9,12,17H,5,10-11,16H2,1-4H3. The maximum Gasteiger partial charge on any atom is 0.178 e. The topological polar surface area (TPSA) is 72.2 Å². The molecule has 1 unspecified atom stereocenters. The lowest BCUT2D eigenvalue weighted by Gasteiger charge is -2.23. The number of benzene rings is 1. The smallest absolute Gasteiger partial charge is 0.178 e. The third-order valence-corrected chi connectivity index (χ3v) is 4.79. The van der Waals surface area contributed by atoms with Crippen molar-refractivity contribution in [3.05, 3.63) is 24.3 Å². The molecule has 0 aliphatic rings. The third-order valence-electron chi connectivity index (χ3n) is 3.04. The van der Waals surface area contributed by atoms with Gasteiger partial charge in [0.1, 0.15) is 0 Å². The SMILES string of the molecule is CCS(=O)(=O)c1ccc(NCC(N)CC(C)(C)C)cc1. The molecule has 4 nitrogen and oxygen atoms in total. The minimum atomic E-state index is -3.12. The van der Waals surface area contributed by atoms with Gasteiger partial charge in [0.25, 0.3) is 0 Å². The second-order valence-electron chi connectivity index (χ2n) is 6.33. The zero-order chi connectivity index (χ0) is 15.4. The summed E-state index contributed by atoms with van der Waals surface area (Å²) in [6, 6.07) is 6.92. The average Bonchev–Trinajstić information content (AvgIpc) is 2.35. The van der Waals surface area contributed by atoms with Gasteiger partial charge >= 0.3 is 0 Å². The Morgan fingerprint density at radius 3 is 2.20 bits per heavy atom. The van der Waals surface area contributed by atoms with Gasteiger partial charge in [-0.1, -0.05) is 27.7 Å². The van der Waals surface area contributed by atoms with Crippen molar-refractivity contribution in [1.29, 1.82) is 0 Å². The molecular formula is C15H26N2O2S. The Bertz CT molecular complexity index is 516. The highest BCUT2D eigenvalue weighted by molar-refractivity contribution is 7.91. The molecule has 0 spiro atoms. The summed E-state index contributed by atoms with van der Waals surface area (Å²) in [4.78, 5) is 0.365. The van der Waals surface area contributed by atoms with Crippen molar-refractivity contribution in [2.24, 2.45) is 11.1 Å². The fourth-order valence-corrected chi connectivity index (χ4v) is 2.94. The summed E-state index contributed by atoms with van der Waals surface area (Å²) in [6.07, 6.45) is 0.933. The summed E-state index contributed by atoms with van der Waals surface area (Å²) >= 11 is 0.